The summed E-state index contributed by atoms with van der Waals surface area (Å²) < 4.78 is 16.6. The molecule has 1 saturated carbocycles. The van der Waals surface area contributed by atoms with E-state index >= 15 is 0 Å². The Labute approximate surface area is 225 Å². The molecule has 0 amide bonds. The second kappa shape index (κ2) is 9.39. The van der Waals surface area contributed by atoms with Crippen LogP contribution in [-0.2, 0) is 11.8 Å². The molecule has 2 fully saturated rings. The molecule has 3 atom stereocenters. The minimum absolute atomic E-state index is 0.109. The van der Waals surface area contributed by atoms with Crippen molar-refractivity contribution in [2.75, 3.05) is 17.7 Å². The zero-order valence-electron chi connectivity index (χ0n) is 21.7. The van der Waals surface area contributed by atoms with Gasteiger partial charge in [0, 0.05) is 54.8 Å². The van der Waals surface area contributed by atoms with Gasteiger partial charge < -0.3 is 25.1 Å². The van der Waals surface area contributed by atoms with Crippen LogP contribution in [0.2, 0.25) is 0 Å². The highest BCUT2D eigenvalue weighted by molar-refractivity contribution is 5.99. The van der Waals surface area contributed by atoms with Crippen molar-refractivity contribution in [2.45, 2.75) is 37.6 Å². The largest absolute Gasteiger partial charge is 0.491 e. The van der Waals surface area contributed by atoms with Crippen molar-refractivity contribution in [3.05, 3.63) is 67.8 Å². The van der Waals surface area contributed by atoms with Crippen LogP contribution in [0.15, 0.2) is 67.8 Å². The van der Waals surface area contributed by atoms with Gasteiger partial charge in [0.25, 0.3) is 0 Å². The molecule has 1 unspecified atom stereocenters. The van der Waals surface area contributed by atoms with Crippen molar-refractivity contribution in [3.8, 4) is 17.0 Å². The van der Waals surface area contributed by atoms with E-state index in [1.165, 1.54) is 19.2 Å². The Morgan fingerprint density at radius 2 is 2.08 bits per heavy atom. The zero-order chi connectivity index (χ0) is 26.5. The number of nitrogens with one attached hydrogen (secondary N) is 1. The van der Waals surface area contributed by atoms with Crippen LogP contribution in [0.25, 0.3) is 33.2 Å². The van der Waals surface area contributed by atoms with E-state index in [9.17, 15) is 0 Å². The van der Waals surface area contributed by atoms with Gasteiger partial charge in [-0.25, -0.2) is 15.0 Å². The van der Waals surface area contributed by atoms with Crippen molar-refractivity contribution in [1.82, 2.24) is 29.3 Å². The molecule has 0 spiro atoms. The van der Waals surface area contributed by atoms with Gasteiger partial charge >= 0.3 is 0 Å². The molecular formula is C29H30N8O2. The summed E-state index contributed by atoms with van der Waals surface area (Å²) in [7, 11) is 1.89. The van der Waals surface area contributed by atoms with Crippen LogP contribution in [0, 0.1) is 5.92 Å². The number of rotatable bonds is 8. The lowest BCUT2D eigenvalue weighted by Crippen LogP contribution is -2.23. The molecule has 0 bridgehead atoms. The number of ether oxygens (including phenoxy) is 2. The highest BCUT2D eigenvalue weighted by atomic mass is 16.6. The number of nitrogens with zero attached hydrogens (tertiary/aromatic N) is 6. The summed E-state index contributed by atoms with van der Waals surface area (Å²) in [5.74, 6) is 2.19. The molecule has 7 rings (SSSR count). The van der Waals surface area contributed by atoms with E-state index in [0.717, 1.165) is 45.5 Å². The maximum atomic E-state index is 6.55. The molecule has 39 heavy (non-hydrogen) atoms. The Morgan fingerprint density at radius 1 is 1.21 bits per heavy atom. The minimum atomic E-state index is -0.259. The Kier molecular flexibility index (Phi) is 5.70. The van der Waals surface area contributed by atoms with Crippen molar-refractivity contribution < 1.29 is 9.47 Å². The van der Waals surface area contributed by atoms with Gasteiger partial charge in [-0.15, -0.1) is 6.58 Å². The normalized spacial score (nSPS) is 21.0. The second-order valence-corrected chi connectivity index (χ2v) is 10.3. The summed E-state index contributed by atoms with van der Waals surface area (Å²) in [5, 5.41) is 9.88. The summed E-state index contributed by atoms with van der Waals surface area (Å²) in [6, 6.07) is 12.6. The smallest absolute Gasteiger partial charge is 0.148 e. The Balaban J connectivity index is 1.12. The molecular weight excluding hydrogens is 492 g/mol. The summed E-state index contributed by atoms with van der Waals surface area (Å²) in [6.07, 6.45) is 10.1. The fourth-order valence-corrected chi connectivity index (χ4v) is 5.30. The number of anilines is 2. The predicted octanol–water partition coefficient (Wildman–Crippen LogP) is 4.71. The van der Waals surface area contributed by atoms with E-state index in [-0.39, 0.29) is 18.2 Å². The van der Waals surface area contributed by atoms with Gasteiger partial charge in [-0.2, -0.15) is 5.10 Å². The third kappa shape index (κ3) is 4.46. The average molecular weight is 523 g/mol. The molecule has 5 aromatic rings. The van der Waals surface area contributed by atoms with Crippen LogP contribution in [-0.4, -0.2) is 48.1 Å². The van der Waals surface area contributed by atoms with Gasteiger partial charge in [-0.1, -0.05) is 6.08 Å². The van der Waals surface area contributed by atoms with Crippen molar-refractivity contribution in [1.29, 1.82) is 0 Å². The monoisotopic (exact) mass is 522 g/mol. The van der Waals surface area contributed by atoms with Crippen LogP contribution < -0.4 is 15.8 Å². The lowest BCUT2D eigenvalue weighted by atomic mass is 10.0. The summed E-state index contributed by atoms with van der Waals surface area (Å²) in [6.45, 7) is 4.46. The molecule has 2 aliphatic rings. The minimum Gasteiger partial charge on any atom is -0.491 e. The molecule has 5 heterocycles. The highest BCUT2D eigenvalue weighted by Crippen LogP contribution is 2.40. The van der Waals surface area contributed by atoms with Gasteiger partial charge in [0.15, 0.2) is 0 Å². The van der Waals surface area contributed by atoms with Crippen LogP contribution in [0.4, 0.5) is 11.6 Å². The van der Waals surface area contributed by atoms with Gasteiger partial charge in [0.1, 0.15) is 48.3 Å². The van der Waals surface area contributed by atoms with Gasteiger partial charge in [0.05, 0.1) is 16.6 Å². The molecule has 198 valence electrons. The lowest BCUT2D eigenvalue weighted by Gasteiger charge is -2.18. The first-order valence-electron chi connectivity index (χ1n) is 13.2. The van der Waals surface area contributed by atoms with E-state index in [1.807, 2.05) is 60.4 Å². The van der Waals surface area contributed by atoms with Crippen molar-refractivity contribution in [2.24, 2.45) is 13.0 Å². The first-order valence-corrected chi connectivity index (χ1v) is 13.2. The van der Waals surface area contributed by atoms with Crippen LogP contribution in [0.1, 0.15) is 25.5 Å². The Morgan fingerprint density at radius 3 is 2.87 bits per heavy atom. The van der Waals surface area contributed by atoms with Crippen molar-refractivity contribution >= 4 is 33.6 Å². The average Bonchev–Trinajstić information content (AvgIpc) is 3.32. The molecule has 1 aliphatic carbocycles. The molecule has 1 aliphatic heterocycles. The molecule has 10 nitrogen and oxygen atoms in total. The third-order valence-electron chi connectivity index (χ3n) is 7.53. The second-order valence-electron chi connectivity index (χ2n) is 10.3. The van der Waals surface area contributed by atoms with Crippen molar-refractivity contribution in [3.63, 3.8) is 0 Å². The van der Waals surface area contributed by atoms with E-state index in [4.69, 9.17) is 20.2 Å². The van der Waals surface area contributed by atoms with Crippen LogP contribution in [0.3, 0.4) is 0 Å². The first kappa shape index (κ1) is 23.7. The Hall–Kier alpha value is -4.44. The van der Waals surface area contributed by atoms with E-state index in [1.54, 1.807) is 4.68 Å². The fourth-order valence-electron chi connectivity index (χ4n) is 5.30. The number of pyridine rings is 1. The molecule has 1 aromatic carbocycles. The quantitative estimate of drug-likeness (QED) is 0.282. The standard InChI is InChI=1S/C29H30N8O2/c1-3-17-12-26(37-14-21(22-10-11-36(2)35-22)27-28(30)31-16-32-29(27)37)39-24(17)15-38-20-8-4-18-5-9-25(33-19-6-7-19)34-23(18)13-20/h3-5,8-11,13-14,16-17,19,24,26H,1,6-7,12,15H2,2H3,(H,33,34)(H2,30,31,32)/t17?,24-,26-/m1/s1. The molecule has 1 saturated heterocycles. The summed E-state index contributed by atoms with van der Waals surface area (Å²) in [5.41, 5.74) is 9.60. The van der Waals surface area contributed by atoms with E-state index < -0.39 is 0 Å². The van der Waals surface area contributed by atoms with E-state index in [2.05, 4.69) is 33.0 Å². The number of hydrogen-bond donors (Lipinski definition) is 2. The van der Waals surface area contributed by atoms with Gasteiger partial charge in [-0.3, -0.25) is 4.68 Å². The molecule has 4 aromatic heterocycles. The number of hydrogen-bond acceptors (Lipinski definition) is 8. The highest BCUT2D eigenvalue weighted by Gasteiger charge is 2.36. The number of fused-ring (bicyclic) bond motifs is 2. The number of aromatic nitrogens is 6. The maximum absolute atomic E-state index is 6.55. The number of nitrogens with two attached hydrogens (primary N) is 1. The van der Waals surface area contributed by atoms with Crippen LogP contribution >= 0.6 is 0 Å². The third-order valence-corrected chi connectivity index (χ3v) is 7.53. The zero-order valence-corrected chi connectivity index (χ0v) is 21.7. The maximum Gasteiger partial charge on any atom is 0.148 e. The molecule has 10 heteroatoms. The number of aryl methyl sites for hydroxylation is 1. The van der Waals surface area contributed by atoms with Gasteiger partial charge in [0.2, 0.25) is 0 Å². The lowest BCUT2D eigenvalue weighted by molar-refractivity contribution is -0.0204. The fraction of sp³-hybridized carbons (Fsp3) is 0.310. The Bertz CT molecular complexity index is 1690. The predicted molar refractivity (Wildman–Crippen MR) is 150 cm³/mol. The number of benzene rings is 1. The van der Waals surface area contributed by atoms with Crippen LogP contribution in [0.5, 0.6) is 5.75 Å². The molecule has 0 radical (unpaired) electrons. The van der Waals surface area contributed by atoms with Gasteiger partial charge in [-0.05, 0) is 43.2 Å². The summed E-state index contributed by atoms with van der Waals surface area (Å²) in [4.78, 5) is 13.6. The molecule has 3 N–H and O–H groups in total. The van der Waals surface area contributed by atoms with E-state index in [0.29, 0.717) is 24.1 Å². The topological polar surface area (TPSA) is 118 Å². The first-order chi connectivity index (χ1) is 19.1. The summed E-state index contributed by atoms with van der Waals surface area (Å²) >= 11 is 0. The number of nitrogen functional groups attached to an aromatic ring is 1. The SMILES string of the molecule is C=CC1C[C@H](n2cc(-c3ccn(C)n3)c3c(N)ncnc32)O[C@@H]1COc1ccc2ccc(NC3CC3)nc2c1.